The summed E-state index contributed by atoms with van der Waals surface area (Å²) in [6.45, 7) is 3.19. The number of ether oxygens (including phenoxy) is 1. The van der Waals surface area contributed by atoms with Crippen molar-refractivity contribution in [2.75, 3.05) is 13.7 Å². The predicted molar refractivity (Wildman–Crippen MR) is 62.4 cm³/mol. The number of methoxy groups -OCH3 is 1. The molecule has 0 aromatic heterocycles. The number of hydrogen-bond acceptors (Lipinski definition) is 2. The Morgan fingerprint density at radius 3 is 2.94 bits per heavy atom. The topological polar surface area (TPSA) is 21.3 Å². The van der Waals surface area contributed by atoms with Crippen LogP contribution in [0.25, 0.3) is 0 Å². The van der Waals surface area contributed by atoms with Crippen molar-refractivity contribution in [3.05, 3.63) is 29.6 Å². The number of benzene rings is 1. The van der Waals surface area contributed by atoms with Crippen molar-refractivity contribution < 1.29 is 9.13 Å². The second-order valence-electron chi connectivity index (χ2n) is 4.26. The third kappa shape index (κ3) is 2.05. The van der Waals surface area contributed by atoms with Crippen LogP contribution < -0.4 is 10.1 Å². The first-order valence-electron chi connectivity index (χ1n) is 5.83. The monoisotopic (exact) mass is 223 g/mol. The normalized spacial score (nSPS) is 24.7. The van der Waals surface area contributed by atoms with E-state index in [1.807, 2.05) is 6.07 Å². The van der Waals surface area contributed by atoms with Gasteiger partial charge in [0.1, 0.15) is 0 Å². The smallest absolute Gasteiger partial charge is 0.165 e. The van der Waals surface area contributed by atoms with E-state index in [4.69, 9.17) is 4.74 Å². The van der Waals surface area contributed by atoms with E-state index in [2.05, 4.69) is 12.2 Å². The standard InChI is InChI=1S/C13H18FNO/c1-3-12-10(6-7-15-12)9-4-5-13(16-2)11(14)8-9/h4-5,8,10,12,15H,3,6-7H2,1-2H3. The summed E-state index contributed by atoms with van der Waals surface area (Å²) in [7, 11) is 1.49. The van der Waals surface area contributed by atoms with Crippen LogP contribution in [0.3, 0.4) is 0 Å². The van der Waals surface area contributed by atoms with E-state index in [0.29, 0.717) is 17.7 Å². The first-order valence-corrected chi connectivity index (χ1v) is 5.83. The van der Waals surface area contributed by atoms with Gasteiger partial charge in [0.2, 0.25) is 0 Å². The highest BCUT2D eigenvalue weighted by Gasteiger charge is 2.27. The van der Waals surface area contributed by atoms with Crippen LogP contribution in [0.15, 0.2) is 18.2 Å². The zero-order chi connectivity index (χ0) is 11.5. The van der Waals surface area contributed by atoms with Crippen molar-refractivity contribution in [1.29, 1.82) is 0 Å². The van der Waals surface area contributed by atoms with E-state index in [1.165, 1.54) is 7.11 Å². The van der Waals surface area contributed by atoms with Gasteiger partial charge in [-0.3, -0.25) is 0 Å². The van der Waals surface area contributed by atoms with Gasteiger partial charge in [0.15, 0.2) is 11.6 Å². The third-order valence-corrected chi connectivity index (χ3v) is 3.39. The summed E-state index contributed by atoms with van der Waals surface area (Å²) in [5, 5.41) is 3.45. The minimum Gasteiger partial charge on any atom is -0.494 e. The van der Waals surface area contributed by atoms with Crippen molar-refractivity contribution in [3.63, 3.8) is 0 Å². The zero-order valence-corrected chi connectivity index (χ0v) is 9.79. The maximum Gasteiger partial charge on any atom is 0.165 e. The van der Waals surface area contributed by atoms with Crippen LogP contribution in [-0.2, 0) is 0 Å². The second-order valence-corrected chi connectivity index (χ2v) is 4.26. The molecule has 2 rings (SSSR count). The van der Waals surface area contributed by atoms with E-state index >= 15 is 0 Å². The Hall–Kier alpha value is -1.09. The van der Waals surface area contributed by atoms with Crippen molar-refractivity contribution in [3.8, 4) is 5.75 Å². The minimum atomic E-state index is -0.262. The molecule has 0 bridgehead atoms. The quantitative estimate of drug-likeness (QED) is 0.850. The van der Waals surface area contributed by atoms with Crippen molar-refractivity contribution in [2.24, 2.45) is 0 Å². The van der Waals surface area contributed by atoms with E-state index in [0.717, 1.165) is 24.9 Å². The van der Waals surface area contributed by atoms with Gasteiger partial charge in [-0.05, 0) is 37.1 Å². The third-order valence-electron chi connectivity index (χ3n) is 3.39. The van der Waals surface area contributed by atoms with Crippen LogP contribution in [-0.4, -0.2) is 19.7 Å². The number of nitrogens with one attached hydrogen (secondary N) is 1. The molecule has 1 aliphatic heterocycles. The lowest BCUT2D eigenvalue weighted by Crippen LogP contribution is -2.24. The van der Waals surface area contributed by atoms with Gasteiger partial charge in [0.05, 0.1) is 7.11 Å². The molecule has 2 unspecified atom stereocenters. The average Bonchev–Trinajstić information content (AvgIpc) is 2.77. The molecule has 1 saturated heterocycles. The van der Waals surface area contributed by atoms with Crippen LogP contribution in [0, 0.1) is 5.82 Å². The highest BCUT2D eigenvalue weighted by molar-refractivity contribution is 5.32. The van der Waals surface area contributed by atoms with Gasteiger partial charge < -0.3 is 10.1 Å². The first kappa shape index (κ1) is 11.4. The maximum absolute atomic E-state index is 13.6. The van der Waals surface area contributed by atoms with Crippen LogP contribution >= 0.6 is 0 Å². The molecule has 2 atom stereocenters. The lowest BCUT2D eigenvalue weighted by molar-refractivity contribution is 0.385. The Labute approximate surface area is 95.8 Å². The summed E-state index contributed by atoms with van der Waals surface area (Å²) >= 11 is 0. The van der Waals surface area contributed by atoms with E-state index in [-0.39, 0.29) is 5.82 Å². The summed E-state index contributed by atoms with van der Waals surface area (Å²) in [6, 6.07) is 5.78. The molecule has 16 heavy (non-hydrogen) atoms. The molecule has 3 heteroatoms. The van der Waals surface area contributed by atoms with Gasteiger partial charge in [0, 0.05) is 12.0 Å². The van der Waals surface area contributed by atoms with Crippen LogP contribution in [0.1, 0.15) is 31.2 Å². The maximum atomic E-state index is 13.6. The lowest BCUT2D eigenvalue weighted by atomic mass is 9.90. The Balaban J connectivity index is 2.23. The highest BCUT2D eigenvalue weighted by atomic mass is 19.1. The molecule has 0 saturated carbocycles. The molecule has 1 heterocycles. The molecule has 0 aliphatic carbocycles. The fraction of sp³-hybridized carbons (Fsp3) is 0.538. The summed E-state index contributed by atoms with van der Waals surface area (Å²) in [5.74, 6) is 0.495. The molecule has 0 amide bonds. The van der Waals surface area contributed by atoms with Crippen LogP contribution in [0.4, 0.5) is 4.39 Å². The Kier molecular flexibility index (Phi) is 3.44. The molecular formula is C13H18FNO. The van der Waals surface area contributed by atoms with E-state index in [1.54, 1.807) is 12.1 Å². The van der Waals surface area contributed by atoms with Crippen molar-refractivity contribution in [1.82, 2.24) is 5.32 Å². The molecule has 2 nitrogen and oxygen atoms in total. The predicted octanol–water partition coefficient (Wildman–Crippen LogP) is 2.69. The van der Waals surface area contributed by atoms with Crippen molar-refractivity contribution >= 4 is 0 Å². The molecular weight excluding hydrogens is 205 g/mol. The van der Waals surface area contributed by atoms with Crippen LogP contribution in [0.5, 0.6) is 5.75 Å². The highest BCUT2D eigenvalue weighted by Crippen LogP contribution is 2.31. The van der Waals surface area contributed by atoms with Gasteiger partial charge >= 0.3 is 0 Å². The molecule has 0 spiro atoms. The minimum absolute atomic E-state index is 0.262. The molecule has 1 fully saturated rings. The van der Waals surface area contributed by atoms with Gasteiger partial charge in [-0.1, -0.05) is 13.0 Å². The van der Waals surface area contributed by atoms with Gasteiger partial charge in [-0.2, -0.15) is 0 Å². The van der Waals surface area contributed by atoms with E-state index in [9.17, 15) is 4.39 Å². The number of halogens is 1. The summed E-state index contributed by atoms with van der Waals surface area (Å²) in [5.41, 5.74) is 1.08. The fourth-order valence-corrected chi connectivity index (χ4v) is 2.51. The average molecular weight is 223 g/mol. The molecule has 1 aromatic rings. The van der Waals surface area contributed by atoms with Gasteiger partial charge in [0.25, 0.3) is 0 Å². The molecule has 1 aromatic carbocycles. The van der Waals surface area contributed by atoms with Crippen molar-refractivity contribution in [2.45, 2.75) is 31.7 Å². The van der Waals surface area contributed by atoms with Gasteiger partial charge in [-0.25, -0.2) is 4.39 Å². The first-order chi connectivity index (χ1) is 7.76. The Morgan fingerprint density at radius 1 is 1.50 bits per heavy atom. The summed E-state index contributed by atoms with van der Waals surface area (Å²) in [4.78, 5) is 0. The van der Waals surface area contributed by atoms with Gasteiger partial charge in [-0.15, -0.1) is 0 Å². The molecule has 88 valence electrons. The number of hydrogen-bond donors (Lipinski definition) is 1. The largest absolute Gasteiger partial charge is 0.494 e. The molecule has 1 N–H and O–H groups in total. The lowest BCUT2D eigenvalue weighted by Gasteiger charge is -2.18. The summed E-state index contributed by atoms with van der Waals surface area (Å²) < 4.78 is 18.5. The molecule has 1 aliphatic rings. The number of rotatable bonds is 3. The van der Waals surface area contributed by atoms with E-state index < -0.39 is 0 Å². The second kappa shape index (κ2) is 4.83. The summed E-state index contributed by atoms with van der Waals surface area (Å²) in [6.07, 6.45) is 2.17. The van der Waals surface area contributed by atoms with Crippen LogP contribution in [0.2, 0.25) is 0 Å². The molecule has 0 radical (unpaired) electrons. The fourth-order valence-electron chi connectivity index (χ4n) is 2.51. The SMILES string of the molecule is CCC1NCCC1c1ccc(OC)c(F)c1. The Morgan fingerprint density at radius 2 is 2.31 bits per heavy atom. The Bertz CT molecular complexity index is 367. The zero-order valence-electron chi connectivity index (χ0n) is 9.79.